The number of Topliss-reactive ketones (excluding diaryl/α,β-unsaturated/α-hetero) is 1. The van der Waals surface area contributed by atoms with Crippen LogP contribution in [0, 0.1) is 11.6 Å². The van der Waals surface area contributed by atoms with Crippen molar-refractivity contribution in [3.63, 3.8) is 0 Å². The van der Waals surface area contributed by atoms with E-state index in [1.165, 1.54) is 11.8 Å². The van der Waals surface area contributed by atoms with Gasteiger partial charge in [-0.05, 0) is 25.5 Å². The Kier molecular flexibility index (Phi) is 3.41. The second-order valence-electron chi connectivity index (χ2n) is 4.42. The minimum atomic E-state index is -0.778. The third-order valence-corrected chi connectivity index (χ3v) is 2.94. The molecule has 18 heavy (non-hydrogen) atoms. The molecule has 0 aromatic heterocycles. The molecule has 5 heteroatoms. The summed E-state index contributed by atoms with van der Waals surface area (Å²) < 4.78 is 27.4. The Morgan fingerprint density at radius 1 is 1.33 bits per heavy atom. The maximum Gasteiger partial charge on any atom is 0.227 e. The topological polar surface area (TPSA) is 37.4 Å². The fraction of sp³-hybridized carbons (Fsp3) is 0.385. The van der Waals surface area contributed by atoms with Crippen molar-refractivity contribution < 1.29 is 18.4 Å². The normalized spacial score (nSPS) is 15.3. The average Bonchev–Trinajstić information content (AvgIpc) is 2.69. The third kappa shape index (κ3) is 2.39. The van der Waals surface area contributed by atoms with E-state index in [0.29, 0.717) is 19.4 Å². The van der Waals surface area contributed by atoms with Gasteiger partial charge in [0.15, 0.2) is 0 Å². The van der Waals surface area contributed by atoms with Crippen LogP contribution in [-0.2, 0) is 16.0 Å². The molecule has 1 aliphatic rings. The van der Waals surface area contributed by atoms with Crippen LogP contribution in [0.25, 0.3) is 0 Å². The van der Waals surface area contributed by atoms with Crippen molar-refractivity contribution in [1.29, 1.82) is 0 Å². The van der Waals surface area contributed by atoms with Crippen LogP contribution in [0.1, 0.15) is 25.3 Å². The number of anilines is 1. The Bertz CT molecular complexity index is 491. The molecule has 0 radical (unpaired) electrons. The summed E-state index contributed by atoms with van der Waals surface area (Å²) in [5.41, 5.74) is -0.0160. The first-order chi connectivity index (χ1) is 8.49. The quantitative estimate of drug-likeness (QED) is 0.828. The van der Waals surface area contributed by atoms with E-state index in [2.05, 4.69) is 0 Å². The molecule has 1 saturated heterocycles. The summed E-state index contributed by atoms with van der Waals surface area (Å²) >= 11 is 0. The van der Waals surface area contributed by atoms with E-state index in [1.807, 2.05) is 0 Å². The number of carbonyl (C=O) groups excluding carboxylic acids is 2. The molecule has 96 valence electrons. The average molecular weight is 253 g/mol. The first-order valence-corrected chi connectivity index (χ1v) is 5.77. The largest absolute Gasteiger partial charge is 0.312 e. The second kappa shape index (κ2) is 4.84. The van der Waals surface area contributed by atoms with Crippen LogP contribution in [-0.4, -0.2) is 18.2 Å². The number of amides is 1. The van der Waals surface area contributed by atoms with Gasteiger partial charge in [0.2, 0.25) is 5.91 Å². The molecule has 1 heterocycles. The minimum absolute atomic E-state index is 0.131. The van der Waals surface area contributed by atoms with Gasteiger partial charge in [0, 0.05) is 30.6 Å². The molecule has 0 atom stereocenters. The SMILES string of the molecule is CC(=O)Cc1c(F)cc(N2CCCC2=O)cc1F. The van der Waals surface area contributed by atoms with Gasteiger partial charge in [0.25, 0.3) is 0 Å². The number of carbonyl (C=O) groups is 2. The van der Waals surface area contributed by atoms with E-state index in [0.717, 1.165) is 12.1 Å². The van der Waals surface area contributed by atoms with Crippen molar-refractivity contribution in [2.24, 2.45) is 0 Å². The van der Waals surface area contributed by atoms with E-state index >= 15 is 0 Å². The molecule has 1 aliphatic heterocycles. The summed E-state index contributed by atoms with van der Waals surface area (Å²) in [5.74, 6) is -1.99. The standard InChI is InChI=1S/C13H13F2NO2/c1-8(17)5-10-11(14)6-9(7-12(10)15)16-4-2-3-13(16)18/h6-7H,2-5H2,1H3. The molecule has 1 fully saturated rings. The van der Waals surface area contributed by atoms with Crippen molar-refractivity contribution in [1.82, 2.24) is 0 Å². The van der Waals surface area contributed by atoms with Crippen LogP contribution in [0.2, 0.25) is 0 Å². The highest BCUT2D eigenvalue weighted by Crippen LogP contribution is 2.26. The number of nitrogens with zero attached hydrogens (tertiary/aromatic N) is 1. The van der Waals surface area contributed by atoms with Crippen LogP contribution < -0.4 is 4.90 Å². The van der Waals surface area contributed by atoms with Gasteiger partial charge >= 0.3 is 0 Å². The molecule has 0 unspecified atom stereocenters. The number of ketones is 1. The summed E-state index contributed by atoms with van der Waals surface area (Å²) in [6.07, 6.45) is 0.821. The third-order valence-electron chi connectivity index (χ3n) is 2.94. The second-order valence-corrected chi connectivity index (χ2v) is 4.42. The van der Waals surface area contributed by atoms with Gasteiger partial charge in [-0.25, -0.2) is 8.78 Å². The van der Waals surface area contributed by atoms with Crippen LogP contribution in [0.15, 0.2) is 12.1 Å². The van der Waals surface area contributed by atoms with Crippen LogP contribution in [0.5, 0.6) is 0 Å². The number of hydrogen-bond acceptors (Lipinski definition) is 2. The molecule has 1 amide bonds. The van der Waals surface area contributed by atoms with Gasteiger partial charge in [-0.3, -0.25) is 9.59 Å². The Labute approximate surface area is 103 Å². The summed E-state index contributed by atoms with van der Waals surface area (Å²) in [4.78, 5) is 23.8. The Hall–Kier alpha value is -1.78. The van der Waals surface area contributed by atoms with E-state index in [-0.39, 0.29) is 29.4 Å². The lowest BCUT2D eigenvalue weighted by atomic mass is 10.1. The van der Waals surface area contributed by atoms with E-state index < -0.39 is 11.6 Å². The predicted molar refractivity (Wildman–Crippen MR) is 62.3 cm³/mol. The fourth-order valence-corrected chi connectivity index (χ4v) is 2.08. The molecule has 1 aromatic carbocycles. The lowest BCUT2D eigenvalue weighted by molar-refractivity contribution is -0.117. The Balaban J connectivity index is 2.35. The zero-order chi connectivity index (χ0) is 13.3. The highest BCUT2D eigenvalue weighted by Gasteiger charge is 2.24. The lowest BCUT2D eigenvalue weighted by Crippen LogP contribution is -2.24. The maximum atomic E-state index is 13.7. The highest BCUT2D eigenvalue weighted by molar-refractivity contribution is 5.95. The molecule has 0 spiro atoms. The van der Waals surface area contributed by atoms with Gasteiger partial charge in [0.05, 0.1) is 0 Å². The van der Waals surface area contributed by atoms with Crippen molar-refractivity contribution >= 4 is 17.4 Å². The zero-order valence-electron chi connectivity index (χ0n) is 10.0. The number of hydrogen-bond donors (Lipinski definition) is 0. The first kappa shape index (κ1) is 12.7. The molecule has 0 aliphatic carbocycles. The number of rotatable bonds is 3. The minimum Gasteiger partial charge on any atom is -0.312 e. The predicted octanol–water partition coefficient (Wildman–Crippen LogP) is 2.22. The van der Waals surface area contributed by atoms with Crippen molar-refractivity contribution in [3.05, 3.63) is 29.3 Å². The summed E-state index contributed by atoms with van der Waals surface area (Å²) in [6, 6.07) is 2.23. The highest BCUT2D eigenvalue weighted by atomic mass is 19.1. The monoisotopic (exact) mass is 253 g/mol. The first-order valence-electron chi connectivity index (χ1n) is 5.77. The number of halogens is 2. The van der Waals surface area contributed by atoms with E-state index in [1.54, 1.807) is 0 Å². The van der Waals surface area contributed by atoms with Gasteiger partial charge < -0.3 is 4.90 Å². The molecule has 0 N–H and O–H groups in total. The summed E-state index contributed by atoms with van der Waals surface area (Å²) in [7, 11) is 0. The summed E-state index contributed by atoms with van der Waals surface area (Å²) in [5, 5.41) is 0. The van der Waals surface area contributed by atoms with Gasteiger partial charge in [-0.1, -0.05) is 0 Å². The molecular weight excluding hydrogens is 240 g/mol. The molecule has 1 aromatic rings. The molecule has 3 nitrogen and oxygen atoms in total. The van der Waals surface area contributed by atoms with Crippen molar-refractivity contribution in [2.75, 3.05) is 11.4 Å². The molecule has 0 saturated carbocycles. The van der Waals surface area contributed by atoms with Gasteiger partial charge in [-0.15, -0.1) is 0 Å². The lowest BCUT2D eigenvalue weighted by Gasteiger charge is -2.17. The van der Waals surface area contributed by atoms with E-state index in [4.69, 9.17) is 0 Å². The molecular formula is C13H13F2NO2. The summed E-state index contributed by atoms with van der Waals surface area (Å²) in [6.45, 7) is 1.75. The smallest absolute Gasteiger partial charge is 0.227 e. The van der Waals surface area contributed by atoms with Crippen LogP contribution >= 0.6 is 0 Å². The van der Waals surface area contributed by atoms with Gasteiger partial charge in [-0.2, -0.15) is 0 Å². The van der Waals surface area contributed by atoms with Crippen molar-refractivity contribution in [3.8, 4) is 0 Å². The fourth-order valence-electron chi connectivity index (χ4n) is 2.08. The zero-order valence-corrected chi connectivity index (χ0v) is 10.0. The Morgan fingerprint density at radius 3 is 2.39 bits per heavy atom. The van der Waals surface area contributed by atoms with Crippen LogP contribution in [0.3, 0.4) is 0 Å². The molecule has 2 rings (SSSR count). The number of benzene rings is 1. The van der Waals surface area contributed by atoms with Crippen LogP contribution in [0.4, 0.5) is 14.5 Å². The maximum absolute atomic E-state index is 13.7. The van der Waals surface area contributed by atoms with Gasteiger partial charge in [0.1, 0.15) is 17.4 Å². The van der Waals surface area contributed by atoms with E-state index in [9.17, 15) is 18.4 Å². The van der Waals surface area contributed by atoms with Crippen molar-refractivity contribution in [2.45, 2.75) is 26.2 Å². The molecule has 0 bridgehead atoms. The Morgan fingerprint density at radius 2 is 1.94 bits per heavy atom.